The number of nitrogens with zero attached hydrogens (tertiary/aromatic N) is 1. The standard InChI is InChI=1S/C26H56NO4.ClH/c1-5-6-7-8-9-10-11-12-13-14-15-16-17-18-20-30-24-26(28)25-31-23-22-29-21-19-27(2,3)4;/h26,28H,5-25H2,1-4H3;1H/q+1;/p-1. The highest BCUT2D eigenvalue weighted by atomic mass is 35.5. The van der Waals surface area contributed by atoms with E-state index >= 15 is 0 Å². The second-order valence-electron chi connectivity index (χ2n) is 10.0. The van der Waals surface area contributed by atoms with Gasteiger partial charge in [-0.25, -0.2) is 0 Å². The Bertz CT molecular complexity index is 353. The molecule has 0 rings (SSSR count). The van der Waals surface area contributed by atoms with Gasteiger partial charge < -0.3 is 36.2 Å². The van der Waals surface area contributed by atoms with E-state index < -0.39 is 6.10 Å². The van der Waals surface area contributed by atoms with E-state index in [1.807, 2.05) is 0 Å². The van der Waals surface area contributed by atoms with Gasteiger partial charge in [-0.15, -0.1) is 0 Å². The molecule has 0 amide bonds. The molecule has 0 radical (unpaired) electrons. The van der Waals surface area contributed by atoms with Crippen LogP contribution >= 0.6 is 0 Å². The number of aliphatic hydroxyl groups excluding tert-OH is 1. The van der Waals surface area contributed by atoms with Crippen molar-refractivity contribution >= 4 is 0 Å². The van der Waals surface area contributed by atoms with Crippen molar-refractivity contribution in [3.63, 3.8) is 0 Å². The van der Waals surface area contributed by atoms with Crippen molar-refractivity contribution in [3.8, 4) is 0 Å². The highest BCUT2D eigenvalue weighted by molar-refractivity contribution is 4.52. The van der Waals surface area contributed by atoms with Crippen molar-refractivity contribution in [3.05, 3.63) is 0 Å². The zero-order valence-corrected chi connectivity index (χ0v) is 22.7. The molecule has 0 bridgehead atoms. The van der Waals surface area contributed by atoms with Crippen molar-refractivity contribution in [2.24, 2.45) is 0 Å². The minimum Gasteiger partial charge on any atom is -1.00 e. The van der Waals surface area contributed by atoms with Crippen LogP contribution in [0.15, 0.2) is 0 Å². The van der Waals surface area contributed by atoms with E-state index in [1.54, 1.807) is 0 Å². The molecule has 0 spiro atoms. The number of unbranched alkanes of at least 4 members (excludes halogenated alkanes) is 13. The van der Waals surface area contributed by atoms with Gasteiger partial charge in [0.25, 0.3) is 0 Å². The van der Waals surface area contributed by atoms with Crippen LogP contribution in [0.2, 0.25) is 0 Å². The van der Waals surface area contributed by atoms with E-state index in [9.17, 15) is 5.11 Å². The second-order valence-corrected chi connectivity index (χ2v) is 10.0. The predicted molar refractivity (Wildman–Crippen MR) is 132 cm³/mol. The Hall–Kier alpha value is 0.0900. The van der Waals surface area contributed by atoms with E-state index in [2.05, 4.69) is 28.1 Å². The molecule has 0 heterocycles. The quantitative estimate of drug-likeness (QED) is 0.161. The van der Waals surface area contributed by atoms with Crippen LogP contribution in [0.25, 0.3) is 0 Å². The van der Waals surface area contributed by atoms with E-state index in [0.29, 0.717) is 26.4 Å². The molecule has 0 aliphatic heterocycles. The number of ether oxygens (including phenoxy) is 3. The first-order chi connectivity index (χ1) is 15.0. The molecule has 0 aliphatic carbocycles. The average Bonchev–Trinajstić information content (AvgIpc) is 2.72. The maximum atomic E-state index is 9.88. The summed E-state index contributed by atoms with van der Waals surface area (Å²) < 4.78 is 17.5. The number of quaternary nitrogens is 1. The van der Waals surface area contributed by atoms with Crippen molar-refractivity contribution in [2.45, 2.75) is 103 Å². The van der Waals surface area contributed by atoms with Gasteiger partial charge in [0.2, 0.25) is 0 Å². The largest absolute Gasteiger partial charge is 1.00 e. The Labute approximate surface area is 206 Å². The zero-order chi connectivity index (χ0) is 23.0. The molecule has 32 heavy (non-hydrogen) atoms. The first kappa shape index (κ1) is 34.3. The summed E-state index contributed by atoms with van der Waals surface area (Å²) in [6.45, 7) is 6.51. The van der Waals surface area contributed by atoms with Gasteiger partial charge in [0.1, 0.15) is 12.6 Å². The third-order valence-corrected chi connectivity index (χ3v) is 5.54. The molecule has 0 aliphatic rings. The van der Waals surface area contributed by atoms with E-state index in [0.717, 1.165) is 30.7 Å². The molecule has 0 fully saturated rings. The maximum absolute atomic E-state index is 9.88. The highest BCUT2D eigenvalue weighted by Gasteiger charge is 2.06. The van der Waals surface area contributed by atoms with Crippen LogP contribution in [0.1, 0.15) is 96.8 Å². The summed E-state index contributed by atoms with van der Waals surface area (Å²) in [5.74, 6) is 0. The number of halogens is 1. The summed E-state index contributed by atoms with van der Waals surface area (Å²) in [6, 6.07) is 0. The fourth-order valence-corrected chi connectivity index (χ4v) is 3.44. The Morgan fingerprint density at radius 1 is 0.562 bits per heavy atom. The summed E-state index contributed by atoms with van der Waals surface area (Å²) in [5, 5.41) is 9.88. The number of likely N-dealkylation sites (N-methyl/N-ethyl adjacent to an activating group) is 1. The van der Waals surface area contributed by atoms with Crippen molar-refractivity contribution in [1.29, 1.82) is 0 Å². The second kappa shape index (κ2) is 25.7. The molecule has 5 nitrogen and oxygen atoms in total. The van der Waals surface area contributed by atoms with Crippen LogP contribution in [0.3, 0.4) is 0 Å². The molecular weight excluding hydrogens is 426 g/mol. The molecule has 0 aromatic rings. The van der Waals surface area contributed by atoms with Crippen molar-refractivity contribution in [2.75, 3.05) is 67.3 Å². The van der Waals surface area contributed by atoms with Crippen LogP contribution in [-0.2, 0) is 14.2 Å². The summed E-state index contributed by atoms with van der Waals surface area (Å²) in [4.78, 5) is 0. The smallest absolute Gasteiger partial charge is 0.102 e. The van der Waals surface area contributed by atoms with E-state index in [1.165, 1.54) is 83.5 Å². The Kier molecular flexibility index (Phi) is 27.5. The lowest BCUT2D eigenvalue weighted by Crippen LogP contribution is -3.00. The third kappa shape index (κ3) is 30.1. The van der Waals surface area contributed by atoms with Gasteiger partial charge in [0, 0.05) is 6.61 Å². The fraction of sp³-hybridized carbons (Fsp3) is 1.00. The predicted octanol–water partition coefficient (Wildman–Crippen LogP) is 2.59. The molecule has 0 saturated carbocycles. The van der Waals surface area contributed by atoms with Gasteiger partial charge in [-0.05, 0) is 6.42 Å². The summed E-state index contributed by atoms with van der Waals surface area (Å²) in [7, 11) is 6.44. The Morgan fingerprint density at radius 2 is 0.969 bits per heavy atom. The molecule has 0 aromatic heterocycles. The van der Waals surface area contributed by atoms with Crippen LogP contribution in [0, 0.1) is 0 Å². The highest BCUT2D eigenvalue weighted by Crippen LogP contribution is 2.12. The first-order valence-corrected chi connectivity index (χ1v) is 13.2. The average molecular weight is 482 g/mol. The summed E-state index contributed by atoms with van der Waals surface area (Å²) in [6.07, 6.45) is 18.5. The van der Waals surface area contributed by atoms with Crippen LogP contribution in [-0.4, -0.2) is 83.0 Å². The normalized spacial score (nSPS) is 12.7. The molecule has 6 heteroatoms. The SMILES string of the molecule is CCCCCCCCCCCCCCCCOCC(O)COCCOCC[N+](C)(C)C.[Cl-]. The topological polar surface area (TPSA) is 47.9 Å². The number of aliphatic hydroxyl groups is 1. The fourth-order valence-electron chi connectivity index (χ4n) is 3.44. The minimum atomic E-state index is -0.544. The molecular formula is C26H56ClNO4. The van der Waals surface area contributed by atoms with Gasteiger partial charge in [-0.2, -0.15) is 0 Å². The van der Waals surface area contributed by atoms with Gasteiger partial charge in [-0.1, -0.05) is 90.4 Å². The summed E-state index contributed by atoms with van der Waals surface area (Å²) in [5.41, 5.74) is 0. The van der Waals surface area contributed by atoms with E-state index in [-0.39, 0.29) is 12.4 Å². The van der Waals surface area contributed by atoms with Gasteiger partial charge in [-0.3, -0.25) is 0 Å². The van der Waals surface area contributed by atoms with E-state index in [4.69, 9.17) is 14.2 Å². The lowest BCUT2D eigenvalue weighted by molar-refractivity contribution is -0.870. The molecule has 0 saturated heterocycles. The number of hydrogen-bond acceptors (Lipinski definition) is 4. The van der Waals surface area contributed by atoms with Gasteiger partial charge in [0.05, 0.1) is 54.2 Å². The molecule has 1 N–H and O–H groups in total. The minimum absolute atomic E-state index is 0. The summed E-state index contributed by atoms with van der Waals surface area (Å²) >= 11 is 0. The van der Waals surface area contributed by atoms with Crippen LogP contribution in [0.4, 0.5) is 0 Å². The van der Waals surface area contributed by atoms with Crippen molar-refractivity contribution < 1.29 is 36.2 Å². The Morgan fingerprint density at radius 3 is 1.44 bits per heavy atom. The van der Waals surface area contributed by atoms with Crippen LogP contribution in [0.5, 0.6) is 0 Å². The lowest BCUT2D eigenvalue weighted by atomic mass is 10.0. The lowest BCUT2D eigenvalue weighted by Gasteiger charge is -2.23. The maximum Gasteiger partial charge on any atom is 0.102 e. The Balaban J connectivity index is 0. The number of rotatable bonds is 25. The molecule has 1 atom stereocenters. The monoisotopic (exact) mass is 481 g/mol. The molecule has 196 valence electrons. The first-order valence-electron chi connectivity index (χ1n) is 13.2. The zero-order valence-electron chi connectivity index (χ0n) is 21.9. The third-order valence-electron chi connectivity index (χ3n) is 5.54. The molecule has 1 unspecified atom stereocenters. The van der Waals surface area contributed by atoms with Gasteiger partial charge >= 0.3 is 0 Å². The van der Waals surface area contributed by atoms with Crippen LogP contribution < -0.4 is 12.4 Å². The van der Waals surface area contributed by atoms with Gasteiger partial charge in [0.15, 0.2) is 0 Å². The van der Waals surface area contributed by atoms with Crippen molar-refractivity contribution in [1.82, 2.24) is 0 Å². The molecule has 0 aromatic carbocycles. The number of hydrogen-bond donors (Lipinski definition) is 1.